The maximum absolute atomic E-state index is 3.76. The van der Waals surface area contributed by atoms with Crippen LogP contribution in [0.25, 0.3) is 0 Å². The summed E-state index contributed by atoms with van der Waals surface area (Å²) in [6, 6.07) is 30.4. The van der Waals surface area contributed by atoms with Crippen molar-refractivity contribution in [2.24, 2.45) is 0 Å². The van der Waals surface area contributed by atoms with E-state index in [9.17, 15) is 0 Å². The summed E-state index contributed by atoms with van der Waals surface area (Å²) >= 11 is 3.76. The van der Waals surface area contributed by atoms with Crippen LogP contribution in [0.5, 0.6) is 0 Å². The molecule has 104 valence electrons. The van der Waals surface area contributed by atoms with Gasteiger partial charge in [0.15, 0.2) is 0 Å². The van der Waals surface area contributed by atoms with Crippen molar-refractivity contribution >= 4 is 46.6 Å². The zero-order chi connectivity index (χ0) is 14.7. The Labute approximate surface area is 136 Å². The van der Waals surface area contributed by atoms with E-state index in [1.807, 2.05) is 0 Å². The zero-order valence-corrected chi connectivity index (χ0v) is 14.5. The second-order valence-corrected chi connectivity index (χ2v) is 10.1. The summed E-state index contributed by atoms with van der Waals surface area (Å²) in [6.07, 6.45) is 0. The molecule has 0 bridgehead atoms. The molecular weight excluding hydrogens is 338 g/mol. The number of rotatable bonds is 3. The Bertz CT molecular complexity index is 689. The quantitative estimate of drug-likeness (QED) is 0.501. The van der Waals surface area contributed by atoms with E-state index in [0.717, 1.165) is 0 Å². The van der Waals surface area contributed by atoms with Crippen molar-refractivity contribution in [1.82, 2.24) is 0 Å². The Balaban J connectivity index is 2.29. The van der Waals surface area contributed by atoms with Gasteiger partial charge >= 0.3 is 136 Å². The van der Waals surface area contributed by atoms with Crippen molar-refractivity contribution in [3.05, 3.63) is 89.4 Å². The van der Waals surface area contributed by atoms with E-state index in [-0.39, 0.29) is 0 Å². The fourth-order valence-corrected chi connectivity index (χ4v) is 8.03. The molecule has 3 rings (SSSR count). The van der Waals surface area contributed by atoms with Gasteiger partial charge < -0.3 is 0 Å². The van der Waals surface area contributed by atoms with Crippen LogP contribution in [-0.4, -0.2) is 7.57 Å². The third kappa shape index (κ3) is 2.71. The molecule has 0 radical (unpaired) electrons. The molecule has 0 spiro atoms. The maximum atomic E-state index is 3.76. The van der Waals surface area contributed by atoms with Crippen molar-refractivity contribution in [1.29, 1.82) is 0 Å². The topological polar surface area (TPSA) is 0 Å². The van der Waals surface area contributed by atoms with Crippen LogP contribution in [0.4, 0.5) is 0 Å². The minimum absolute atomic E-state index is 1.20. The van der Waals surface area contributed by atoms with Crippen LogP contribution in [0.1, 0.15) is 0 Å². The third-order valence-corrected chi connectivity index (χ3v) is 9.66. The molecule has 0 saturated heterocycles. The van der Waals surface area contributed by atoms with Gasteiger partial charge in [-0.25, -0.2) is 0 Å². The molecule has 0 nitrogen and oxygen atoms in total. The van der Waals surface area contributed by atoms with Gasteiger partial charge in [0.1, 0.15) is 0 Å². The number of benzene rings is 3. The minimum atomic E-state index is -1.97. The molecule has 3 aromatic rings. The van der Waals surface area contributed by atoms with Crippen LogP contribution in [0.15, 0.2) is 89.4 Å². The van der Waals surface area contributed by atoms with Gasteiger partial charge in [-0.05, 0) is 0 Å². The van der Waals surface area contributed by atoms with Gasteiger partial charge in [-0.3, -0.25) is 0 Å². The van der Waals surface area contributed by atoms with Crippen LogP contribution in [-0.2, 0) is 0 Å². The van der Waals surface area contributed by atoms with E-state index in [1.165, 1.54) is 20.4 Å². The summed E-state index contributed by atoms with van der Waals surface area (Å²) in [7, 11) is 0.459. The standard InChI is InChI=1S/C18H17BBrP/c19-21(15-9-3-1-4-10-15,16-11-5-2-6-12-16)18-14-8-7-13-17(18)20/h1-14,21H,19H2. The Hall–Kier alpha value is -1.37. The first-order chi connectivity index (χ1) is 10.2. The van der Waals surface area contributed by atoms with E-state index in [4.69, 9.17) is 0 Å². The summed E-state index contributed by atoms with van der Waals surface area (Å²) in [6.45, 7) is 0. The zero-order valence-electron chi connectivity index (χ0n) is 12.0. The van der Waals surface area contributed by atoms with Gasteiger partial charge in [0, 0.05) is 0 Å². The van der Waals surface area contributed by atoms with Crippen LogP contribution >= 0.6 is 23.1 Å². The fourth-order valence-electron chi connectivity index (χ4n) is 2.89. The van der Waals surface area contributed by atoms with E-state index in [0.29, 0.717) is 0 Å². The molecule has 3 heteroatoms. The number of hydrogen-bond donors (Lipinski definition) is 0. The van der Waals surface area contributed by atoms with Gasteiger partial charge in [0.05, 0.1) is 0 Å². The Morgan fingerprint density at radius 3 is 1.52 bits per heavy atom. The molecule has 0 saturated carbocycles. The Morgan fingerprint density at radius 2 is 1.05 bits per heavy atom. The molecule has 0 aliphatic carbocycles. The average molecular weight is 355 g/mol. The number of halogens is 1. The summed E-state index contributed by atoms with van der Waals surface area (Å²) in [5.74, 6) is 0. The van der Waals surface area contributed by atoms with Gasteiger partial charge in [-0.1, -0.05) is 0 Å². The normalized spacial score (nSPS) is 12.0. The first-order valence-corrected chi connectivity index (χ1v) is 10.4. The van der Waals surface area contributed by atoms with Gasteiger partial charge in [0.25, 0.3) is 0 Å². The van der Waals surface area contributed by atoms with Crippen molar-refractivity contribution in [2.45, 2.75) is 0 Å². The van der Waals surface area contributed by atoms with Gasteiger partial charge in [-0.2, -0.15) is 0 Å². The van der Waals surface area contributed by atoms with E-state index < -0.39 is 7.14 Å². The first-order valence-electron chi connectivity index (χ1n) is 7.09. The van der Waals surface area contributed by atoms with E-state index >= 15 is 0 Å². The summed E-state index contributed by atoms with van der Waals surface area (Å²) in [5.41, 5.74) is 0. The van der Waals surface area contributed by atoms with Crippen LogP contribution in [0.2, 0.25) is 0 Å². The second-order valence-electron chi connectivity index (χ2n) is 5.34. The molecule has 21 heavy (non-hydrogen) atoms. The van der Waals surface area contributed by atoms with Crippen LogP contribution < -0.4 is 15.9 Å². The van der Waals surface area contributed by atoms with Crippen molar-refractivity contribution < 1.29 is 0 Å². The predicted octanol–water partition coefficient (Wildman–Crippen LogP) is 3.02. The predicted molar refractivity (Wildman–Crippen MR) is 103 cm³/mol. The summed E-state index contributed by atoms with van der Waals surface area (Å²) in [5, 5.41) is 4.29. The van der Waals surface area contributed by atoms with Crippen LogP contribution in [0, 0.1) is 0 Å². The van der Waals surface area contributed by atoms with Crippen molar-refractivity contribution in [3.63, 3.8) is 0 Å². The molecule has 0 amide bonds. The molecule has 0 aliphatic heterocycles. The molecule has 0 aromatic heterocycles. The first kappa shape index (κ1) is 14.6. The second kappa shape index (κ2) is 6.18. The van der Waals surface area contributed by atoms with Crippen molar-refractivity contribution in [3.8, 4) is 0 Å². The molecule has 0 N–H and O–H groups in total. The molecule has 0 atom stereocenters. The molecule has 0 heterocycles. The average Bonchev–Trinajstić information content (AvgIpc) is 2.56. The van der Waals surface area contributed by atoms with Gasteiger partial charge in [-0.15, -0.1) is 0 Å². The Kier molecular flexibility index (Phi) is 4.28. The molecule has 3 aromatic carbocycles. The number of hydrogen-bond acceptors (Lipinski definition) is 0. The van der Waals surface area contributed by atoms with Crippen molar-refractivity contribution in [2.75, 3.05) is 0 Å². The van der Waals surface area contributed by atoms with E-state index in [1.54, 1.807) is 0 Å². The molecular formula is C18H17BBrP. The molecule has 0 aliphatic rings. The van der Waals surface area contributed by atoms with Gasteiger partial charge in [0.2, 0.25) is 0 Å². The monoisotopic (exact) mass is 354 g/mol. The fraction of sp³-hybridized carbons (Fsp3) is 0. The molecule has 0 unspecified atom stereocenters. The third-order valence-electron chi connectivity index (χ3n) is 4.11. The SMILES string of the molecule is B[PH](c1ccccc1)(c1ccccc1)c1ccccc1Br. The van der Waals surface area contributed by atoms with Crippen LogP contribution in [0.3, 0.4) is 0 Å². The summed E-state index contributed by atoms with van der Waals surface area (Å²) in [4.78, 5) is 0. The van der Waals surface area contributed by atoms with E-state index in [2.05, 4.69) is 108 Å². The Morgan fingerprint density at radius 1 is 0.619 bits per heavy atom. The summed E-state index contributed by atoms with van der Waals surface area (Å²) < 4.78 is 1.20. The molecule has 0 fully saturated rings.